The Hall–Kier alpha value is -0.780. The molecule has 1 aliphatic heterocycles. The number of hydrogen-bond acceptors (Lipinski definition) is 3. The van der Waals surface area contributed by atoms with Crippen LogP contribution < -0.4 is 5.32 Å². The summed E-state index contributed by atoms with van der Waals surface area (Å²) < 4.78 is 0. The minimum atomic E-state index is -0.256. The van der Waals surface area contributed by atoms with E-state index < -0.39 is 0 Å². The molecule has 2 heterocycles. The van der Waals surface area contributed by atoms with Gasteiger partial charge in [-0.1, -0.05) is 34.8 Å². The van der Waals surface area contributed by atoms with Crippen molar-refractivity contribution in [3.63, 3.8) is 0 Å². The van der Waals surface area contributed by atoms with Crippen LogP contribution in [0.5, 0.6) is 0 Å². The molecule has 23 heavy (non-hydrogen) atoms. The predicted octanol–water partition coefficient (Wildman–Crippen LogP) is 5.09. The van der Waals surface area contributed by atoms with Gasteiger partial charge in [0.15, 0.2) is 0 Å². The van der Waals surface area contributed by atoms with Crippen molar-refractivity contribution in [1.29, 1.82) is 0 Å². The summed E-state index contributed by atoms with van der Waals surface area (Å²) in [5.74, 6) is -0.107. The summed E-state index contributed by atoms with van der Waals surface area (Å²) in [6, 6.07) is 4.98. The highest BCUT2D eigenvalue weighted by Gasteiger charge is 2.26. The van der Waals surface area contributed by atoms with Crippen molar-refractivity contribution in [2.24, 2.45) is 0 Å². The standard InChI is InChI=1S/C16H15Cl3N2OS/c1-9(21-4-2-15-10(8-21)3-5-23-15)16(22)20-14-7-12(18)11(17)6-13(14)19/h3,5-7,9H,2,4,8H2,1H3,(H,20,22). The number of benzene rings is 1. The van der Waals surface area contributed by atoms with Crippen molar-refractivity contribution >= 4 is 57.7 Å². The van der Waals surface area contributed by atoms with Crippen molar-refractivity contribution in [3.05, 3.63) is 49.1 Å². The molecule has 1 N–H and O–H groups in total. The topological polar surface area (TPSA) is 32.3 Å². The fourth-order valence-electron chi connectivity index (χ4n) is 2.62. The Morgan fingerprint density at radius 1 is 1.26 bits per heavy atom. The van der Waals surface area contributed by atoms with Gasteiger partial charge in [-0.05, 0) is 42.5 Å². The van der Waals surface area contributed by atoms with Gasteiger partial charge >= 0.3 is 0 Å². The molecule has 0 bridgehead atoms. The zero-order valence-electron chi connectivity index (χ0n) is 12.4. The molecule has 0 radical (unpaired) electrons. The third-order valence-electron chi connectivity index (χ3n) is 4.03. The minimum Gasteiger partial charge on any atom is -0.323 e. The van der Waals surface area contributed by atoms with Gasteiger partial charge in [0, 0.05) is 18.0 Å². The number of thiophene rings is 1. The van der Waals surface area contributed by atoms with Gasteiger partial charge in [0.25, 0.3) is 0 Å². The maximum atomic E-state index is 12.5. The quantitative estimate of drug-likeness (QED) is 0.741. The number of halogens is 3. The molecular formula is C16H15Cl3N2OS. The zero-order chi connectivity index (χ0) is 16.6. The van der Waals surface area contributed by atoms with E-state index in [9.17, 15) is 4.79 Å². The van der Waals surface area contributed by atoms with Crippen LogP contribution in [0.15, 0.2) is 23.6 Å². The van der Waals surface area contributed by atoms with E-state index in [-0.39, 0.29) is 11.9 Å². The van der Waals surface area contributed by atoms with Gasteiger partial charge in [0.05, 0.1) is 26.8 Å². The summed E-state index contributed by atoms with van der Waals surface area (Å²) in [7, 11) is 0. The molecule has 1 aromatic carbocycles. The fourth-order valence-corrected chi connectivity index (χ4v) is 4.11. The number of rotatable bonds is 3. The average molecular weight is 390 g/mol. The Labute approximate surface area is 154 Å². The van der Waals surface area contributed by atoms with Gasteiger partial charge < -0.3 is 5.32 Å². The number of nitrogens with zero attached hydrogens (tertiary/aromatic N) is 1. The van der Waals surface area contributed by atoms with Gasteiger partial charge in [0.2, 0.25) is 5.91 Å². The molecule has 1 aliphatic rings. The Balaban J connectivity index is 1.70. The average Bonchev–Trinajstić information content (AvgIpc) is 2.99. The van der Waals surface area contributed by atoms with Crippen LogP contribution in [0.2, 0.25) is 15.1 Å². The van der Waals surface area contributed by atoms with E-state index in [0.29, 0.717) is 20.8 Å². The van der Waals surface area contributed by atoms with E-state index in [4.69, 9.17) is 34.8 Å². The van der Waals surface area contributed by atoms with Gasteiger partial charge in [0.1, 0.15) is 0 Å². The van der Waals surface area contributed by atoms with Crippen molar-refractivity contribution in [2.45, 2.75) is 25.9 Å². The summed E-state index contributed by atoms with van der Waals surface area (Å²) in [5, 5.41) is 6.05. The summed E-state index contributed by atoms with van der Waals surface area (Å²) in [6.07, 6.45) is 0.984. The van der Waals surface area contributed by atoms with Crippen LogP contribution >= 0.6 is 46.1 Å². The first-order valence-corrected chi connectivity index (χ1v) is 9.21. The number of fused-ring (bicyclic) bond motifs is 1. The molecule has 7 heteroatoms. The van der Waals surface area contributed by atoms with Crippen molar-refractivity contribution in [2.75, 3.05) is 11.9 Å². The highest BCUT2D eigenvalue weighted by Crippen LogP contribution is 2.32. The molecule has 0 fully saturated rings. The Bertz CT molecular complexity index is 747. The Morgan fingerprint density at radius 2 is 2.00 bits per heavy atom. The second-order valence-electron chi connectivity index (χ2n) is 5.50. The molecule has 1 aromatic heterocycles. The maximum Gasteiger partial charge on any atom is 0.241 e. The van der Waals surface area contributed by atoms with Crippen LogP contribution in [0.4, 0.5) is 5.69 Å². The molecular weight excluding hydrogens is 375 g/mol. The second-order valence-corrected chi connectivity index (χ2v) is 7.72. The summed E-state index contributed by atoms with van der Waals surface area (Å²) >= 11 is 19.8. The van der Waals surface area contributed by atoms with Gasteiger partial charge in [-0.3, -0.25) is 9.69 Å². The van der Waals surface area contributed by atoms with Crippen molar-refractivity contribution in [3.8, 4) is 0 Å². The van der Waals surface area contributed by atoms with Crippen molar-refractivity contribution in [1.82, 2.24) is 4.90 Å². The molecule has 0 spiro atoms. The number of anilines is 1. The predicted molar refractivity (Wildman–Crippen MR) is 98.0 cm³/mol. The lowest BCUT2D eigenvalue weighted by Gasteiger charge is -2.31. The molecule has 1 amide bonds. The number of carbonyl (C=O) groups is 1. The van der Waals surface area contributed by atoms with Crippen LogP contribution in [-0.4, -0.2) is 23.4 Å². The lowest BCUT2D eigenvalue weighted by atomic mass is 10.1. The molecule has 3 nitrogen and oxygen atoms in total. The fraction of sp³-hybridized carbons (Fsp3) is 0.312. The molecule has 0 aliphatic carbocycles. The van der Waals surface area contributed by atoms with E-state index >= 15 is 0 Å². The molecule has 3 rings (SSSR count). The summed E-state index contributed by atoms with van der Waals surface area (Å²) in [4.78, 5) is 16.1. The molecule has 0 saturated carbocycles. The van der Waals surface area contributed by atoms with Crippen LogP contribution in [-0.2, 0) is 17.8 Å². The summed E-state index contributed by atoms with van der Waals surface area (Å²) in [6.45, 7) is 3.57. The first-order chi connectivity index (χ1) is 11.0. The van der Waals surface area contributed by atoms with E-state index in [0.717, 1.165) is 19.5 Å². The number of carbonyl (C=O) groups excluding carboxylic acids is 1. The Kier molecular flexibility index (Phi) is 5.19. The van der Waals surface area contributed by atoms with Crippen LogP contribution in [0.3, 0.4) is 0 Å². The lowest BCUT2D eigenvalue weighted by molar-refractivity contribution is -0.121. The number of amides is 1. The van der Waals surface area contributed by atoms with Gasteiger partial charge in [-0.2, -0.15) is 0 Å². The van der Waals surface area contributed by atoms with E-state index in [1.165, 1.54) is 16.5 Å². The van der Waals surface area contributed by atoms with E-state index in [2.05, 4.69) is 21.7 Å². The maximum absolute atomic E-state index is 12.5. The zero-order valence-corrected chi connectivity index (χ0v) is 15.5. The first-order valence-electron chi connectivity index (χ1n) is 7.20. The molecule has 0 saturated heterocycles. The molecule has 122 valence electrons. The monoisotopic (exact) mass is 388 g/mol. The molecule has 1 atom stereocenters. The second kappa shape index (κ2) is 6.99. The van der Waals surface area contributed by atoms with E-state index in [1.807, 2.05) is 6.92 Å². The van der Waals surface area contributed by atoms with Gasteiger partial charge in [-0.25, -0.2) is 0 Å². The van der Waals surface area contributed by atoms with Crippen LogP contribution in [0.1, 0.15) is 17.4 Å². The smallest absolute Gasteiger partial charge is 0.241 e. The lowest BCUT2D eigenvalue weighted by Crippen LogP contribution is -2.44. The largest absolute Gasteiger partial charge is 0.323 e. The third kappa shape index (κ3) is 3.67. The highest BCUT2D eigenvalue weighted by molar-refractivity contribution is 7.10. The van der Waals surface area contributed by atoms with Crippen LogP contribution in [0, 0.1) is 0 Å². The van der Waals surface area contributed by atoms with Crippen LogP contribution in [0.25, 0.3) is 0 Å². The van der Waals surface area contributed by atoms with E-state index in [1.54, 1.807) is 17.4 Å². The summed E-state index contributed by atoms with van der Waals surface area (Å²) in [5.41, 5.74) is 1.79. The minimum absolute atomic E-state index is 0.107. The number of hydrogen-bond donors (Lipinski definition) is 1. The molecule has 2 aromatic rings. The Morgan fingerprint density at radius 3 is 2.78 bits per heavy atom. The SMILES string of the molecule is CC(C(=O)Nc1cc(Cl)c(Cl)cc1Cl)N1CCc2sccc2C1. The normalized spacial score (nSPS) is 16.0. The first kappa shape index (κ1) is 17.1. The van der Waals surface area contributed by atoms with Crippen molar-refractivity contribution < 1.29 is 4.79 Å². The number of nitrogens with one attached hydrogen (secondary N) is 1. The van der Waals surface area contributed by atoms with Gasteiger partial charge in [-0.15, -0.1) is 11.3 Å². The third-order valence-corrected chi connectivity index (χ3v) is 6.09. The highest BCUT2D eigenvalue weighted by atomic mass is 35.5. The molecule has 1 unspecified atom stereocenters.